The number of piperazine rings is 3. The lowest BCUT2D eigenvalue weighted by Gasteiger charge is -2.47. The second-order valence-electron chi connectivity index (χ2n) is 3.75. The molecule has 0 saturated carbocycles. The molecule has 2 bridgehead atoms. The van der Waals surface area contributed by atoms with Crippen LogP contribution in [0.1, 0.15) is 6.92 Å². The number of aliphatic imine (C=N–C) groups is 1. The second-order valence-corrected chi connectivity index (χ2v) is 3.75. The molecular formula is C9H18N4. The normalized spacial score (nSPS) is 39.5. The average Bonchev–Trinajstić information content (AvgIpc) is 2.20. The first-order valence-electron chi connectivity index (χ1n) is 5.07. The lowest BCUT2D eigenvalue weighted by atomic mass is 10.1. The van der Waals surface area contributed by atoms with E-state index in [1.807, 2.05) is 6.92 Å². The van der Waals surface area contributed by atoms with Gasteiger partial charge in [-0.05, 0) is 6.92 Å². The van der Waals surface area contributed by atoms with Gasteiger partial charge in [0.1, 0.15) is 5.84 Å². The number of rotatable bonds is 2. The summed E-state index contributed by atoms with van der Waals surface area (Å²) in [6, 6.07) is 0.391. The third-order valence-corrected chi connectivity index (χ3v) is 2.96. The van der Waals surface area contributed by atoms with Crippen LogP contribution in [-0.2, 0) is 0 Å². The van der Waals surface area contributed by atoms with Crippen molar-refractivity contribution < 1.29 is 0 Å². The molecule has 0 aliphatic carbocycles. The summed E-state index contributed by atoms with van der Waals surface area (Å²) in [7, 11) is 0. The molecule has 0 aromatic heterocycles. The molecule has 4 heteroatoms. The highest BCUT2D eigenvalue weighted by molar-refractivity contribution is 5.86. The van der Waals surface area contributed by atoms with Crippen molar-refractivity contribution in [3.63, 3.8) is 0 Å². The topological polar surface area (TPSA) is 44.9 Å². The Labute approximate surface area is 79.4 Å². The third kappa shape index (κ3) is 1.69. The van der Waals surface area contributed by atoms with E-state index in [1.165, 1.54) is 13.1 Å². The van der Waals surface area contributed by atoms with Crippen molar-refractivity contribution in [1.29, 1.82) is 0 Å². The number of nitrogens with two attached hydrogens (primary N) is 1. The average molecular weight is 182 g/mol. The van der Waals surface area contributed by atoms with Crippen LogP contribution in [0, 0.1) is 0 Å². The summed E-state index contributed by atoms with van der Waals surface area (Å²) < 4.78 is 0. The van der Waals surface area contributed by atoms with E-state index in [9.17, 15) is 0 Å². The first-order valence-corrected chi connectivity index (χ1v) is 5.07. The van der Waals surface area contributed by atoms with Gasteiger partial charge in [-0.25, -0.2) is 0 Å². The SMILES string of the molecule is CCN=C(N)C1CN2CCN1CC2. The maximum Gasteiger partial charge on any atom is 0.112 e. The minimum absolute atomic E-state index is 0.391. The van der Waals surface area contributed by atoms with Crippen molar-refractivity contribution >= 4 is 5.84 Å². The highest BCUT2D eigenvalue weighted by Crippen LogP contribution is 2.15. The van der Waals surface area contributed by atoms with Gasteiger partial charge in [-0.3, -0.25) is 14.8 Å². The fraction of sp³-hybridized carbons (Fsp3) is 0.889. The first kappa shape index (κ1) is 8.97. The van der Waals surface area contributed by atoms with E-state index in [2.05, 4.69) is 14.8 Å². The predicted octanol–water partition coefficient (Wildman–Crippen LogP) is -0.637. The van der Waals surface area contributed by atoms with Crippen molar-refractivity contribution in [2.75, 3.05) is 39.3 Å². The second kappa shape index (κ2) is 3.64. The molecule has 13 heavy (non-hydrogen) atoms. The van der Waals surface area contributed by atoms with Gasteiger partial charge in [-0.2, -0.15) is 0 Å². The predicted molar refractivity (Wildman–Crippen MR) is 54.0 cm³/mol. The standard InChI is InChI=1S/C9H18N4/c1-2-11-9(10)8-7-12-3-5-13(8)6-4-12/h8H,2-7H2,1H3,(H2,10,11). The number of fused-ring (bicyclic) bond motifs is 3. The van der Waals surface area contributed by atoms with Crippen LogP contribution in [-0.4, -0.2) is 60.9 Å². The molecule has 0 spiro atoms. The van der Waals surface area contributed by atoms with Gasteiger partial charge in [0, 0.05) is 39.3 Å². The van der Waals surface area contributed by atoms with Gasteiger partial charge in [-0.15, -0.1) is 0 Å². The molecule has 3 fully saturated rings. The monoisotopic (exact) mass is 182 g/mol. The first-order chi connectivity index (χ1) is 6.31. The smallest absolute Gasteiger partial charge is 0.112 e. The Balaban J connectivity index is 2.04. The molecule has 0 aromatic carbocycles. The number of nitrogens with zero attached hydrogens (tertiary/aromatic N) is 3. The Morgan fingerprint density at radius 3 is 2.54 bits per heavy atom. The number of hydrogen-bond acceptors (Lipinski definition) is 3. The molecule has 0 aromatic rings. The van der Waals surface area contributed by atoms with Gasteiger partial charge in [0.05, 0.1) is 6.04 Å². The minimum atomic E-state index is 0.391. The van der Waals surface area contributed by atoms with E-state index in [0.717, 1.165) is 32.0 Å². The summed E-state index contributed by atoms with van der Waals surface area (Å²) >= 11 is 0. The molecule has 2 N–H and O–H groups in total. The Hall–Kier alpha value is -0.610. The van der Waals surface area contributed by atoms with E-state index >= 15 is 0 Å². The quantitative estimate of drug-likeness (QED) is 0.456. The van der Waals surface area contributed by atoms with Gasteiger partial charge in [-0.1, -0.05) is 0 Å². The zero-order chi connectivity index (χ0) is 9.26. The zero-order valence-electron chi connectivity index (χ0n) is 8.24. The van der Waals surface area contributed by atoms with Crippen LogP contribution in [0.2, 0.25) is 0 Å². The summed E-state index contributed by atoms with van der Waals surface area (Å²) in [5, 5.41) is 0. The van der Waals surface area contributed by atoms with Gasteiger partial charge in [0.2, 0.25) is 0 Å². The molecule has 3 saturated heterocycles. The highest BCUT2D eigenvalue weighted by Gasteiger charge is 2.33. The lowest BCUT2D eigenvalue weighted by Crippen LogP contribution is -2.64. The molecule has 3 heterocycles. The van der Waals surface area contributed by atoms with E-state index in [0.29, 0.717) is 6.04 Å². The van der Waals surface area contributed by atoms with Crippen LogP contribution < -0.4 is 5.73 Å². The molecule has 4 nitrogen and oxygen atoms in total. The zero-order valence-corrected chi connectivity index (χ0v) is 8.24. The van der Waals surface area contributed by atoms with Crippen LogP contribution in [0.3, 0.4) is 0 Å². The van der Waals surface area contributed by atoms with Gasteiger partial charge < -0.3 is 5.73 Å². The largest absolute Gasteiger partial charge is 0.386 e. The summed E-state index contributed by atoms with van der Waals surface area (Å²) in [5.74, 6) is 0.826. The maximum atomic E-state index is 5.93. The van der Waals surface area contributed by atoms with E-state index < -0.39 is 0 Å². The molecule has 0 amide bonds. The Morgan fingerprint density at radius 2 is 2.08 bits per heavy atom. The Bertz CT molecular complexity index is 206. The van der Waals surface area contributed by atoms with Crippen LogP contribution in [0.5, 0.6) is 0 Å². The third-order valence-electron chi connectivity index (χ3n) is 2.96. The molecule has 74 valence electrons. The van der Waals surface area contributed by atoms with E-state index in [-0.39, 0.29) is 0 Å². The summed E-state index contributed by atoms with van der Waals surface area (Å²) in [6.45, 7) is 8.63. The number of hydrogen-bond donors (Lipinski definition) is 1. The van der Waals surface area contributed by atoms with Gasteiger partial charge in [0.15, 0.2) is 0 Å². The molecule has 3 aliphatic heterocycles. The van der Waals surface area contributed by atoms with Gasteiger partial charge in [0.25, 0.3) is 0 Å². The summed E-state index contributed by atoms with van der Waals surface area (Å²) in [4.78, 5) is 9.22. The number of amidine groups is 1. The van der Waals surface area contributed by atoms with Gasteiger partial charge >= 0.3 is 0 Å². The van der Waals surface area contributed by atoms with E-state index in [1.54, 1.807) is 0 Å². The fourth-order valence-electron chi connectivity index (χ4n) is 2.19. The molecule has 0 radical (unpaired) electrons. The molecule has 1 atom stereocenters. The van der Waals surface area contributed by atoms with Crippen LogP contribution in [0.15, 0.2) is 4.99 Å². The fourth-order valence-corrected chi connectivity index (χ4v) is 2.19. The molecular weight excluding hydrogens is 164 g/mol. The van der Waals surface area contributed by atoms with Crippen molar-refractivity contribution in [2.24, 2.45) is 10.7 Å². The maximum absolute atomic E-state index is 5.93. The van der Waals surface area contributed by atoms with Crippen molar-refractivity contribution in [3.8, 4) is 0 Å². The minimum Gasteiger partial charge on any atom is -0.386 e. The van der Waals surface area contributed by atoms with Crippen molar-refractivity contribution in [2.45, 2.75) is 13.0 Å². The van der Waals surface area contributed by atoms with Crippen molar-refractivity contribution in [3.05, 3.63) is 0 Å². The van der Waals surface area contributed by atoms with Crippen LogP contribution >= 0.6 is 0 Å². The van der Waals surface area contributed by atoms with Crippen LogP contribution in [0.25, 0.3) is 0 Å². The van der Waals surface area contributed by atoms with Crippen molar-refractivity contribution in [1.82, 2.24) is 9.80 Å². The summed E-state index contributed by atoms with van der Waals surface area (Å²) in [5.41, 5.74) is 5.93. The molecule has 1 unspecified atom stereocenters. The molecule has 3 aliphatic rings. The highest BCUT2D eigenvalue weighted by atomic mass is 15.4. The van der Waals surface area contributed by atoms with Crippen LogP contribution in [0.4, 0.5) is 0 Å². The Morgan fingerprint density at radius 1 is 1.38 bits per heavy atom. The van der Waals surface area contributed by atoms with E-state index in [4.69, 9.17) is 5.73 Å². The molecule has 3 rings (SSSR count). The lowest BCUT2D eigenvalue weighted by molar-refractivity contribution is 0.0404. The summed E-state index contributed by atoms with van der Waals surface area (Å²) in [6.07, 6.45) is 0. The Kier molecular flexibility index (Phi) is 2.51.